The predicted molar refractivity (Wildman–Crippen MR) is 86.9 cm³/mol. The molecule has 23 heavy (non-hydrogen) atoms. The lowest BCUT2D eigenvalue weighted by molar-refractivity contribution is 0.565. The van der Waals surface area contributed by atoms with E-state index in [1.807, 2.05) is 20.8 Å². The number of allylic oxidation sites excluding steroid dienone is 1. The molecule has 0 aliphatic rings. The fourth-order valence-electron chi connectivity index (χ4n) is 2.08. The van der Waals surface area contributed by atoms with Crippen LogP contribution in [0.15, 0.2) is 21.6 Å². The van der Waals surface area contributed by atoms with Crippen LogP contribution in [0.2, 0.25) is 0 Å². The van der Waals surface area contributed by atoms with Gasteiger partial charge in [-0.05, 0) is 12.5 Å². The van der Waals surface area contributed by atoms with E-state index in [4.69, 9.17) is 0 Å². The van der Waals surface area contributed by atoms with E-state index in [2.05, 4.69) is 38.2 Å². The van der Waals surface area contributed by atoms with Crippen LogP contribution in [0.25, 0.3) is 5.57 Å². The second-order valence-electron chi connectivity index (χ2n) is 6.34. The Bertz CT molecular complexity index is 881. The van der Waals surface area contributed by atoms with E-state index < -0.39 is 0 Å². The van der Waals surface area contributed by atoms with Crippen molar-refractivity contribution in [1.29, 1.82) is 5.26 Å². The second kappa shape index (κ2) is 5.68. The predicted octanol–water partition coefficient (Wildman–Crippen LogP) is 3.05. The lowest BCUT2D eigenvalue weighted by Crippen LogP contribution is -2.13. The van der Waals surface area contributed by atoms with Crippen LogP contribution in [0, 0.1) is 11.3 Å². The van der Waals surface area contributed by atoms with Gasteiger partial charge in [0.1, 0.15) is 11.6 Å². The first kappa shape index (κ1) is 16.4. The van der Waals surface area contributed by atoms with Crippen molar-refractivity contribution in [3.63, 3.8) is 0 Å². The van der Waals surface area contributed by atoms with Gasteiger partial charge < -0.3 is 0 Å². The normalized spacial score (nSPS) is 11.8. The van der Waals surface area contributed by atoms with Crippen LogP contribution in [0.5, 0.6) is 0 Å². The molecular formula is C15H19N7O. The Labute approximate surface area is 133 Å². The van der Waals surface area contributed by atoms with Gasteiger partial charge in [-0.15, -0.1) is 10.2 Å². The van der Waals surface area contributed by atoms with E-state index in [0.717, 1.165) is 0 Å². The summed E-state index contributed by atoms with van der Waals surface area (Å²) in [6.07, 6.45) is 0. The first-order valence-corrected chi connectivity index (χ1v) is 7.02. The van der Waals surface area contributed by atoms with Gasteiger partial charge in [-0.1, -0.05) is 27.4 Å². The van der Waals surface area contributed by atoms with Crippen LogP contribution < -0.4 is 5.56 Å². The number of aromatic amines is 2. The third-order valence-electron chi connectivity index (χ3n) is 3.30. The fourth-order valence-corrected chi connectivity index (χ4v) is 2.08. The number of H-pyrrole nitrogens is 2. The Morgan fingerprint density at radius 1 is 1.39 bits per heavy atom. The van der Waals surface area contributed by atoms with Gasteiger partial charge in [0.15, 0.2) is 5.69 Å². The van der Waals surface area contributed by atoms with Crippen molar-refractivity contribution in [3.8, 4) is 6.07 Å². The zero-order chi connectivity index (χ0) is 17.4. The molecule has 0 unspecified atom stereocenters. The summed E-state index contributed by atoms with van der Waals surface area (Å²) in [4.78, 5) is 12.1. The molecule has 0 radical (unpaired) electrons. The molecule has 2 aromatic heterocycles. The standard InChI is InChI=1S/C15H19N7O/c1-8(2)10-11(14(23)22(6)21-10)17-19-13-9(7-16)12(18-20-13)15(3,4)5/h21H,1H2,2-6H3,(H,18,20). The van der Waals surface area contributed by atoms with E-state index >= 15 is 0 Å². The second-order valence-corrected chi connectivity index (χ2v) is 6.34. The zero-order valence-electron chi connectivity index (χ0n) is 13.9. The number of nitriles is 1. The van der Waals surface area contributed by atoms with Crippen molar-refractivity contribution < 1.29 is 0 Å². The third-order valence-corrected chi connectivity index (χ3v) is 3.30. The molecule has 0 bridgehead atoms. The number of azo groups is 1. The Balaban J connectivity index is 2.52. The summed E-state index contributed by atoms with van der Waals surface area (Å²) in [5.41, 5.74) is 1.71. The Kier molecular flexibility index (Phi) is 4.06. The maximum atomic E-state index is 12.1. The van der Waals surface area contributed by atoms with Crippen LogP contribution in [-0.4, -0.2) is 20.0 Å². The van der Waals surface area contributed by atoms with E-state index in [-0.39, 0.29) is 22.5 Å². The lowest BCUT2D eigenvalue weighted by atomic mass is 9.90. The van der Waals surface area contributed by atoms with E-state index in [1.54, 1.807) is 14.0 Å². The minimum Gasteiger partial charge on any atom is -0.293 e. The van der Waals surface area contributed by atoms with Crippen LogP contribution in [0.3, 0.4) is 0 Å². The highest BCUT2D eigenvalue weighted by Crippen LogP contribution is 2.30. The minimum atomic E-state index is -0.322. The summed E-state index contributed by atoms with van der Waals surface area (Å²) in [6.45, 7) is 11.5. The maximum Gasteiger partial charge on any atom is 0.294 e. The molecular weight excluding hydrogens is 294 g/mol. The summed E-state index contributed by atoms with van der Waals surface area (Å²) in [7, 11) is 1.58. The maximum absolute atomic E-state index is 12.1. The van der Waals surface area contributed by atoms with E-state index in [1.165, 1.54) is 4.68 Å². The van der Waals surface area contributed by atoms with Gasteiger partial charge in [0.25, 0.3) is 5.56 Å². The molecule has 0 aromatic carbocycles. The van der Waals surface area contributed by atoms with Crippen molar-refractivity contribution in [2.45, 2.75) is 33.1 Å². The van der Waals surface area contributed by atoms with Crippen LogP contribution >= 0.6 is 0 Å². The van der Waals surface area contributed by atoms with Crippen LogP contribution in [0.1, 0.15) is 44.6 Å². The van der Waals surface area contributed by atoms with Gasteiger partial charge in [0.05, 0.1) is 11.4 Å². The molecule has 2 heterocycles. The quantitative estimate of drug-likeness (QED) is 0.848. The van der Waals surface area contributed by atoms with Gasteiger partial charge in [-0.2, -0.15) is 10.4 Å². The van der Waals surface area contributed by atoms with Crippen LogP contribution in [-0.2, 0) is 12.5 Å². The number of hydrogen-bond acceptors (Lipinski definition) is 5. The summed E-state index contributed by atoms with van der Waals surface area (Å²) in [5, 5.41) is 27.0. The fraction of sp³-hybridized carbons (Fsp3) is 0.400. The van der Waals surface area contributed by atoms with Gasteiger partial charge in [-0.25, -0.2) is 0 Å². The smallest absolute Gasteiger partial charge is 0.293 e. The molecule has 0 saturated carbocycles. The number of hydrogen-bond donors (Lipinski definition) is 2. The van der Waals surface area contributed by atoms with E-state index in [9.17, 15) is 10.1 Å². The zero-order valence-corrected chi connectivity index (χ0v) is 13.9. The average molecular weight is 313 g/mol. The number of aryl methyl sites for hydroxylation is 1. The highest BCUT2D eigenvalue weighted by molar-refractivity contribution is 5.68. The van der Waals surface area contributed by atoms with Crippen molar-refractivity contribution >= 4 is 17.1 Å². The molecule has 2 aromatic rings. The summed E-state index contributed by atoms with van der Waals surface area (Å²) < 4.78 is 1.30. The van der Waals surface area contributed by atoms with Crippen molar-refractivity contribution in [1.82, 2.24) is 20.0 Å². The monoisotopic (exact) mass is 313 g/mol. The molecule has 0 amide bonds. The molecule has 0 aliphatic heterocycles. The summed E-state index contributed by atoms with van der Waals surface area (Å²) >= 11 is 0. The SMILES string of the molecule is C=C(C)c1[nH]n(C)c(=O)c1N=Nc1n[nH]c(C(C)(C)C)c1C#N. The molecule has 0 atom stereocenters. The molecule has 0 aliphatic carbocycles. The first-order chi connectivity index (χ1) is 10.7. The number of nitrogens with zero attached hydrogens (tertiary/aromatic N) is 5. The molecule has 0 saturated heterocycles. The van der Waals surface area contributed by atoms with Crippen molar-refractivity contribution in [2.75, 3.05) is 0 Å². The highest BCUT2D eigenvalue weighted by atomic mass is 16.1. The largest absolute Gasteiger partial charge is 0.294 e. The Hall–Kier alpha value is -2.95. The topological polar surface area (TPSA) is 115 Å². The molecule has 0 fully saturated rings. The highest BCUT2D eigenvalue weighted by Gasteiger charge is 2.24. The van der Waals surface area contributed by atoms with Crippen LogP contribution in [0.4, 0.5) is 11.5 Å². The van der Waals surface area contributed by atoms with Gasteiger partial charge in [0, 0.05) is 12.5 Å². The molecule has 0 spiro atoms. The number of rotatable bonds is 3. The number of aromatic nitrogens is 4. The summed E-state index contributed by atoms with van der Waals surface area (Å²) in [5.74, 6) is 0.161. The molecule has 120 valence electrons. The Morgan fingerprint density at radius 3 is 2.57 bits per heavy atom. The molecule has 2 rings (SSSR count). The number of nitrogens with one attached hydrogen (secondary N) is 2. The van der Waals surface area contributed by atoms with Gasteiger partial charge >= 0.3 is 0 Å². The Morgan fingerprint density at radius 2 is 2.04 bits per heavy atom. The summed E-state index contributed by atoms with van der Waals surface area (Å²) in [6, 6.07) is 2.09. The average Bonchev–Trinajstić information content (AvgIpc) is 2.99. The molecule has 2 N–H and O–H groups in total. The first-order valence-electron chi connectivity index (χ1n) is 7.02. The third kappa shape index (κ3) is 2.99. The van der Waals surface area contributed by atoms with Gasteiger partial charge in [0.2, 0.25) is 5.82 Å². The minimum absolute atomic E-state index is 0.143. The van der Waals surface area contributed by atoms with Crippen molar-refractivity contribution in [2.24, 2.45) is 17.3 Å². The van der Waals surface area contributed by atoms with Gasteiger partial charge in [-0.3, -0.25) is 19.7 Å². The lowest BCUT2D eigenvalue weighted by Gasteiger charge is -2.15. The van der Waals surface area contributed by atoms with E-state index in [0.29, 0.717) is 22.5 Å². The molecule has 8 heteroatoms. The van der Waals surface area contributed by atoms with Crippen molar-refractivity contribution in [3.05, 3.63) is 33.9 Å². The molecule has 8 nitrogen and oxygen atoms in total.